The molecular weight excluding hydrogens is 300 g/mol. The van der Waals surface area contributed by atoms with Crippen molar-refractivity contribution in [1.29, 1.82) is 0 Å². The lowest BCUT2D eigenvalue weighted by Crippen LogP contribution is -2.60. The molecule has 4 heteroatoms. The largest absolute Gasteiger partial charge is 0.508 e. The Labute approximate surface area is 144 Å². The summed E-state index contributed by atoms with van der Waals surface area (Å²) >= 11 is 0. The molecule has 3 rings (SSSR count). The molecule has 2 aromatic rings. The standard InChI is InChI=1S/C20H26N2O2/c1-20(2)19(16-6-4-3-5-7-16)21-12-13-22(20)14-15-24-18-10-8-17(23)9-11-18/h3-11,19,21,23H,12-15H2,1-2H3. The van der Waals surface area contributed by atoms with Gasteiger partial charge in [-0.1, -0.05) is 30.3 Å². The van der Waals surface area contributed by atoms with Crippen molar-refractivity contribution in [2.75, 3.05) is 26.2 Å². The number of nitrogens with one attached hydrogen (secondary N) is 1. The summed E-state index contributed by atoms with van der Waals surface area (Å²) in [6.45, 7) is 8.07. The van der Waals surface area contributed by atoms with Crippen LogP contribution in [0.1, 0.15) is 25.5 Å². The number of hydrogen-bond donors (Lipinski definition) is 2. The van der Waals surface area contributed by atoms with Gasteiger partial charge in [0.25, 0.3) is 0 Å². The number of ether oxygens (including phenoxy) is 1. The number of nitrogens with zero attached hydrogens (tertiary/aromatic N) is 1. The quantitative estimate of drug-likeness (QED) is 0.886. The Morgan fingerprint density at radius 3 is 2.54 bits per heavy atom. The van der Waals surface area contributed by atoms with Crippen LogP contribution in [0.15, 0.2) is 54.6 Å². The first kappa shape index (κ1) is 16.8. The second-order valence-corrected chi connectivity index (χ2v) is 6.78. The lowest BCUT2D eigenvalue weighted by Gasteiger charge is -2.48. The van der Waals surface area contributed by atoms with Gasteiger partial charge in [-0.05, 0) is 43.7 Å². The normalized spacial score (nSPS) is 20.7. The maximum atomic E-state index is 9.32. The SMILES string of the molecule is CC1(C)C(c2ccccc2)NCCN1CCOc1ccc(O)cc1. The number of phenolic OH excluding ortho intramolecular Hbond substituents is 1. The summed E-state index contributed by atoms with van der Waals surface area (Å²) in [5.74, 6) is 1.05. The van der Waals surface area contributed by atoms with Gasteiger partial charge in [-0.15, -0.1) is 0 Å². The summed E-state index contributed by atoms with van der Waals surface area (Å²) in [5, 5.41) is 13.0. The first-order valence-corrected chi connectivity index (χ1v) is 8.52. The van der Waals surface area contributed by atoms with Crippen LogP contribution in [-0.2, 0) is 0 Å². The van der Waals surface area contributed by atoms with E-state index in [-0.39, 0.29) is 11.3 Å². The minimum atomic E-state index is 0.0118. The molecular formula is C20H26N2O2. The van der Waals surface area contributed by atoms with Crippen LogP contribution in [0.4, 0.5) is 0 Å². The number of rotatable bonds is 5. The summed E-state index contributed by atoms with van der Waals surface area (Å²) in [6, 6.07) is 17.8. The van der Waals surface area contributed by atoms with Gasteiger partial charge in [-0.3, -0.25) is 4.90 Å². The van der Waals surface area contributed by atoms with Gasteiger partial charge in [0, 0.05) is 25.2 Å². The molecule has 0 spiro atoms. The second kappa shape index (κ2) is 7.24. The van der Waals surface area contributed by atoms with Crippen LogP contribution < -0.4 is 10.1 Å². The molecule has 24 heavy (non-hydrogen) atoms. The molecule has 1 atom stereocenters. The lowest BCUT2D eigenvalue weighted by atomic mass is 9.85. The van der Waals surface area contributed by atoms with Crippen molar-refractivity contribution in [3.8, 4) is 11.5 Å². The molecule has 0 aliphatic carbocycles. The van der Waals surface area contributed by atoms with E-state index in [1.807, 2.05) is 0 Å². The van der Waals surface area contributed by atoms with Crippen molar-refractivity contribution in [2.24, 2.45) is 0 Å². The van der Waals surface area contributed by atoms with Crippen molar-refractivity contribution >= 4 is 0 Å². The van der Waals surface area contributed by atoms with E-state index < -0.39 is 0 Å². The van der Waals surface area contributed by atoms with E-state index in [9.17, 15) is 5.11 Å². The fourth-order valence-electron chi connectivity index (χ4n) is 3.45. The third-order valence-electron chi connectivity index (χ3n) is 4.85. The zero-order valence-electron chi connectivity index (χ0n) is 14.4. The number of hydrogen-bond acceptors (Lipinski definition) is 4. The zero-order chi connectivity index (χ0) is 17.0. The van der Waals surface area contributed by atoms with Crippen molar-refractivity contribution in [3.63, 3.8) is 0 Å². The molecule has 1 aliphatic rings. The van der Waals surface area contributed by atoms with E-state index >= 15 is 0 Å². The highest BCUT2D eigenvalue weighted by molar-refractivity contribution is 5.30. The molecule has 0 bridgehead atoms. The van der Waals surface area contributed by atoms with Crippen LogP contribution in [0.2, 0.25) is 0 Å². The van der Waals surface area contributed by atoms with E-state index in [0.29, 0.717) is 12.6 Å². The fraction of sp³-hybridized carbons (Fsp3) is 0.400. The summed E-state index contributed by atoms with van der Waals surface area (Å²) in [6.07, 6.45) is 0. The summed E-state index contributed by atoms with van der Waals surface area (Å²) in [4.78, 5) is 2.49. The molecule has 1 unspecified atom stereocenters. The molecule has 1 fully saturated rings. The molecule has 0 aromatic heterocycles. The van der Waals surface area contributed by atoms with Gasteiger partial charge in [0.15, 0.2) is 0 Å². The van der Waals surface area contributed by atoms with E-state index in [1.54, 1.807) is 24.3 Å². The predicted molar refractivity (Wildman–Crippen MR) is 96.4 cm³/mol. The Morgan fingerprint density at radius 1 is 1.12 bits per heavy atom. The lowest BCUT2D eigenvalue weighted by molar-refractivity contribution is 0.0365. The maximum absolute atomic E-state index is 9.32. The predicted octanol–water partition coefficient (Wildman–Crippen LogP) is 3.20. The van der Waals surface area contributed by atoms with Gasteiger partial charge in [0.1, 0.15) is 18.1 Å². The highest BCUT2D eigenvalue weighted by Crippen LogP contribution is 2.33. The third-order valence-corrected chi connectivity index (χ3v) is 4.85. The molecule has 0 radical (unpaired) electrons. The van der Waals surface area contributed by atoms with Gasteiger partial charge in [-0.2, -0.15) is 0 Å². The number of aromatic hydroxyl groups is 1. The molecule has 1 heterocycles. The first-order chi connectivity index (χ1) is 11.6. The molecule has 128 valence electrons. The van der Waals surface area contributed by atoms with Crippen LogP contribution in [0.5, 0.6) is 11.5 Å². The van der Waals surface area contributed by atoms with E-state index in [2.05, 4.69) is 54.4 Å². The van der Waals surface area contributed by atoms with Crippen molar-refractivity contribution in [1.82, 2.24) is 10.2 Å². The fourth-order valence-corrected chi connectivity index (χ4v) is 3.45. The minimum absolute atomic E-state index is 0.0118. The van der Waals surface area contributed by atoms with E-state index in [0.717, 1.165) is 25.4 Å². The van der Waals surface area contributed by atoms with Gasteiger partial charge in [-0.25, -0.2) is 0 Å². The highest BCUT2D eigenvalue weighted by atomic mass is 16.5. The van der Waals surface area contributed by atoms with Crippen molar-refractivity contribution in [3.05, 3.63) is 60.2 Å². The summed E-state index contributed by atoms with van der Waals surface area (Å²) < 4.78 is 5.82. The van der Waals surface area contributed by atoms with Gasteiger partial charge in [0.05, 0.1) is 6.04 Å². The van der Waals surface area contributed by atoms with Gasteiger partial charge < -0.3 is 15.2 Å². The van der Waals surface area contributed by atoms with Crippen LogP contribution in [0, 0.1) is 0 Å². The zero-order valence-corrected chi connectivity index (χ0v) is 14.4. The first-order valence-electron chi connectivity index (χ1n) is 8.52. The Kier molecular flexibility index (Phi) is 5.07. The van der Waals surface area contributed by atoms with Gasteiger partial charge in [0.2, 0.25) is 0 Å². The smallest absolute Gasteiger partial charge is 0.119 e. The Bertz CT molecular complexity index is 640. The topological polar surface area (TPSA) is 44.7 Å². The average Bonchev–Trinajstić information content (AvgIpc) is 2.58. The number of phenols is 1. The molecule has 0 amide bonds. The second-order valence-electron chi connectivity index (χ2n) is 6.78. The minimum Gasteiger partial charge on any atom is -0.508 e. The average molecular weight is 326 g/mol. The molecule has 0 saturated carbocycles. The third kappa shape index (κ3) is 3.71. The van der Waals surface area contributed by atoms with Crippen LogP contribution in [0.3, 0.4) is 0 Å². The van der Waals surface area contributed by atoms with E-state index in [1.165, 1.54) is 5.56 Å². The molecule has 2 aromatic carbocycles. The van der Waals surface area contributed by atoms with Crippen LogP contribution >= 0.6 is 0 Å². The van der Waals surface area contributed by atoms with Gasteiger partial charge >= 0.3 is 0 Å². The Morgan fingerprint density at radius 2 is 1.83 bits per heavy atom. The molecule has 1 saturated heterocycles. The molecule has 1 aliphatic heterocycles. The van der Waals surface area contributed by atoms with Crippen molar-refractivity contribution < 1.29 is 9.84 Å². The van der Waals surface area contributed by atoms with E-state index in [4.69, 9.17) is 4.74 Å². The van der Waals surface area contributed by atoms with Crippen LogP contribution in [-0.4, -0.2) is 41.8 Å². The Hall–Kier alpha value is -2.04. The molecule has 4 nitrogen and oxygen atoms in total. The number of piperazine rings is 1. The summed E-state index contributed by atoms with van der Waals surface area (Å²) in [5.41, 5.74) is 1.34. The maximum Gasteiger partial charge on any atom is 0.119 e. The van der Waals surface area contributed by atoms with Crippen molar-refractivity contribution in [2.45, 2.75) is 25.4 Å². The Balaban J connectivity index is 1.61. The van der Waals surface area contributed by atoms with Crippen LogP contribution in [0.25, 0.3) is 0 Å². The highest BCUT2D eigenvalue weighted by Gasteiger charge is 2.38. The monoisotopic (exact) mass is 326 g/mol. The summed E-state index contributed by atoms with van der Waals surface area (Å²) in [7, 11) is 0. The molecule has 2 N–H and O–H groups in total. The number of benzene rings is 2.